The molecule has 0 aliphatic heterocycles. The van der Waals surface area contributed by atoms with Crippen LogP contribution in [0.2, 0.25) is 5.04 Å². The number of hydrogen-bond donors (Lipinski definition) is 1. The summed E-state index contributed by atoms with van der Waals surface area (Å²) < 4.78 is 11.3. The number of thiol groups is 1. The van der Waals surface area contributed by atoms with E-state index in [0.717, 1.165) is 12.8 Å². The maximum atomic E-state index is 5.62. The lowest BCUT2D eigenvalue weighted by molar-refractivity contribution is 0.268. The van der Waals surface area contributed by atoms with Crippen molar-refractivity contribution in [1.82, 2.24) is 0 Å². The third kappa shape index (κ3) is 5.06. The molecule has 2 nitrogen and oxygen atoms in total. The van der Waals surface area contributed by atoms with Crippen molar-refractivity contribution in [1.29, 1.82) is 0 Å². The quantitative estimate of drug-likeness (QED) is 0.548. The third-order valence-electron chi connectivity index (χ3n) is 3.87. The van der Waals surface area contributed by atoms with Crippen molar-refractivity contribution < 1.29 is 8.85 Å². The van der Waals surface area contributed by atoms with E-state index in [1.54, 1.807) is 14.2 Å². The second kappa shape index (κ2) is 7.33. The predicted molar refractivity (Wildman–Crippen MR) is 85.2 cm³/mol. The molecule has 0 spiro atoms. The van der Waals surface area contributed by atoms with Crippen LogP contribution in [0, 0.1) is 5.92 Å². The van der Waals surface area contributed by atoms with Crippen LogP contribution in [-0.4, -0.2) is 37.0 Å². The predicted octanol–water partition coefficient (Wildman–Crippen LogP) is 2.49. The molecule has 0 saturated carbocycles. The molecule has 17 heavy (non-hydrogen) atoms. The normalized spacial score (nSPS) is 17.3. The average Bonchev–Trinajstić information content (AvgIpc) is 2.18. The molecule has 0 fully saturated rings. The van der Waals surface area contributed by atoms with E-state index in [2.05, 4.69) is 34.6 Å². The second-order valence-corrected chi connectivity index (χ2v) is 14.9. The van der Waals surface area contributed by atoms with Crippen molar-refractivity contribution in [3.05, 3.63) is 0 Å². The molecule has 0 unspecified atom stereocenters. The Kier molecular flexibility index (Phi) is 7.63. The molecule has 0 aliphatic rings. The van der Waals surface area contributed by atoms with E-state index >= 15 is 0 Å². The Balaban J connectivity index is 4.94. The molecule has 0 heterocycles. The minimum Gasteiger partial charge on any atom is -0.399 e. The van der Waals surface area contributed by atoms with Gasteiger partial charge >= 0.3 is 9.28 Å². The monoisotopic (exact) mass is 294 g/mol. The Morgan fingerprint density at radius 2 is 1.71 bits per heavy atom. The van der Waals surface area contributed by atoms with Gasteiger partial charge in [-0.1, -0.05) is 41.0 Å². The zero-order valence-electron chi connectivity index (χ0n) is 12.5. The van der Waals surface area contributed by atoms with Gasteiger partial charge in [0, 0.05) is 27.7 Å². The average molecular weight is 295 g/mol. The Morgan fingerprint density at radius 3 is 2.00 bits per heavy atom. The largest absolute Gasteiger partial charge is 0.399 e. The number of rotatable bonds is 8. The molecule has 0 aromatic heterocycles. The summed E-state index contributed by atoms with van der Waals surface area (Å²) in [5.41, 5.74) is 0. The van der Waals surface area contributed by atoms with Crippen molar-refractivity contribution >= 4 is 31.4 Å². The van der Waals surface area contributed by atoms with Crippen LogP contribution < -0.4 is 0 Å². The van der Waals surface area contributed by atoms with Gasteiger partial charge in [0.15, 0.2) is 0 Å². The fourth-order valence-corrected chi connectivity index (χ4v) is 11.7. The van der Waals surface area contributed by atoms with Gasteiger partial charge in [-0.25, -0.2) is 0 Å². The molecule has 0 rings (SSSR count). The first-order chi connectivity index (χ1) is 7.73. The first-order valence-electron chi connectivity index (χ1n) is 6.51. The van der Waals surface area contributed by atoms with Gasteiger partial charge in [-0.3, -0.25) is 0 Å². The van der Waals surface area contributed by atoms with Crippen molar-refractivity contribution in [2.24, 2.45) is 5.92 Å². The van der Waals surface area contributed by atoms with Gasteiger partial charge in [-0.15, -0.1) is 0 Å². The van der Waals surface area contributed by atoms with Crippen molar-refractivity contribution in [2.75, 3.05) is 14.2 Å². The van der Waals surface area contributed by atoms with E-state index in [9.17, 15) is 0 Å². The number of hydrogen-bond acceptors (Lipinski definition) is 3. The maximum absolute atomic E-state index is 5.62. The Labute approximate surface area is 117 Å². The van der Waals surface area contributed by atoms with Crippen LogP contribution in [0.5, 0.6) is 0 Å². The highest BCUT2D eigenvalue weighted by molar-refractivity contribution is 7.85. The summed E-state index contributed by atoms with van der Waals surface area (Å²) in [7, 11) is 1.50. The Morgan fingerprint density at radius 1 is 1.24 bits per heavy atom. The van der Waals surface area contributed by atoms with Crippen LogP contribution in [0.3, 0.4) is 0 Å². The summed E-state index contributed by atoms with van der Waals surface area (Å²) in [6.07, 6.45) is 2.28. The van der Waals surface area contributed by atoms with E-state index in [-0.39, 0.29) is 3.99 Å². The zero-order valence-corrected chi connectivity index (χ0v) is 16.0. The van der Waals surface area contributed by atoms with Crippen molar-refractivity contribution in [2.45, 2.75) is 56.5 Å². The van der Waals surface area contributed by atoms with E-state index in [1.807, 2.05) is 0 Å². The van der Waals surface area contributed by atoms with Gasteiger partial charge in [-0.2, -0.15) is 12.6 Å². The highest BCUT2D eigenvalue weighted by atomic mass is 32.1. The van der Waals surface area contributed by atoms with Crippen LogP contribution in [-0.2, 0) is 8.85 Å². The Hall–Kier alpha value is 0.704. The van der Waals surface area contributed by atoms with Gasteiger partial charge in [0.25, 0.3) is 0 Å². The molecular weight excluding hydrogens is 264 g/mol. The summed E-state index contributed by atoms with van der Waals surface area (Å²) in [6, 6.07) is 0. The molecule has 0 aromatic carbocycles. The summed E-state index contributed by atoms with van der Waals surface area (Å²) in [5.74, 6) is 0.695. The van der Waals surface area contributed by atoms with Gasteiger partial charge in [0.1, 0.15) is 0 Å². The standard InChI is InChI=1S/C12H30O2SSi2/c1-8-9-12(15,17(13-6)14-7)16-11(4,5)10(2)3/h10,15,17H,8-9,16H2,1-7H3/t12-/m0/s1. The molecule has 1 atom stereocenters. The van der Waals surface area contributed by atoms with E-state index < -0.39 is 18.8 Å². The molecule has 0 saturated heterocycles. The van der Waals surface area contributed by atoms with Gasteiger partial charge in [-0.05, 0) is 17.4 Å². The van der Waals surface area contributed by atoms with Crippen LogP contribution in [0.4, 0.5) is 0 Å². The molecule has 104 valence electrons. The first kappa shape index (κ1) is 17.7. The topological polar surface area (TPSA) is 18.5 Å². The van der Waals surface area contributed by atoms with Crippen molar-refractivity contribution in [3.8, 4) is 0 Å². The minimum absolute atomic E-state index is 0.0615. The lowest BCUT2D eigenvalue weighted by atomic mass is 9.99. The second-order valence-electron chi connectivity index (χ2n) is 5.98. The Bertz CT molecular complexity index is 221. The van der Waals surface area contributed by atoms with Gasteiger partial charge in [0.05, 0.1) is 0 Å². The molecule has 0 bridgehead atoms. The molecule has 5 heteroatoms. The van der Waals surface area contributed by atoms with E-state index in [4.69, 9.17) is 21.5 Å². The first-order valence-corrected chi connectivity index (χ1v) is 9.89. The molecular formula is C12H30O2SSi2. The summed E-state index contributed by atoms with van der Waals surface area (Å²) in [5, 5.41) is 0.402. The summed E-state index contributed by atoms with van der Waals surface area (Å²) >= 11 is 5.02. The lowest BCUT2D eigenvalue weighted by Gasteiger charge is -2.40. The fourth-order valence-electron chi connectivity index (χ4n) is 2.25. The van der Waals surface area contributed by atoms with Crippen LogP contribution in [0.25, 0.3) is 0 Å². The minimum atomic E-state index is -1.65. The fraction of sp³-hybridized carbons (Fsp3) is 1.00. The third-order valence-corrected chi connectivity index (χ3v) is 11.5. The SMILES string of the molecule is CCC[C@](S)([SiH2]C(C)(C)C(C)C)[SiH](OC)OC. The molecule has 0 radical (unpaired) electrons. The van der Waals surface area contributed by atoms with E-state index in [1.165, 1.54) is 0 Å². The highest BCUT2D eigenvalue weighted by Crippen LogP contribution is 2.40. The molecule has 0 amide bonds. The van der Waals surface area contributed by atoms with Crippen LogP contribution >= 0.6 is 12.6 Å². The van der Waals surface area contributed by atoms with E-state index in [0.29, 0.717) is 11.0 Å². The molecule has 0 aromatic rings. The molecule has 0 aliphatic carbocycles. The summed E-state index contributed by atoms with van der Waals surface area (Å²) in [6.45, 7) is 11.6. The van der Waals surface area contributed by atoms with Gasteiger partial charge in [0.2, 0.25) is 0 Å². The lowest BCUT2D eigenvalue weighted by Crippen LogP contribution is -2.52. The molecule has 0 N–H and O–H groups in total. The maximum Gasteiger partial charge on any atom is 0.333 e. The van der Waals surface area contributed by atoms with Crippen molar-refractivity contribution in [3.63, 3.8) is 0 Å². The van der Waals surface area contributed by atoms with Gasteiger partial charge < -0.3 is 8.85 Å². The van der Waals surface area contributed by atoms with Crippen LogP contribution in [0.1, 0.15) is 47.5 Å². The highest BCUT2D eigenvalue weighted by Gasteiger charge is 2.43. The smallest absolute Gasteiger partial charge is 0.333 e. The van der Waals surface area contributed by atoms with Crippen LogP contribution in [0.15, 0.2) is 0 Å². The zero-order chi connectivity index (χ0) is 13.7. The summed E-state index contributed by atoms with van der Waals surface area (Å²) in [4.78, 5) is 0.